The molecule has 0 spiro atoms. The molecule has 1 amide bonds. The van der Waals surface area contributed by atoms with Crippen molar-refractivity contribution in [3.63, 3.8) is 0 Å². The highest BCUT2D eigenvalue weighted by molar-refractivity contribution is 6.34. The minimum Gasteiger partial charge on any atom is -0.323 e. The van der Waals surface area contributed by atoms with Gasteiger partial charge in [-0.2, -0.15) is 0 Å². The van der Waals surface area contributed by atoms with Crippen LogP contribution in [0.15, 0.2) is 6.07 Å². The summed E-state index contributed by atoms with van der Waals surface area (Å²) >= 11 is 11.8. The number of halogens is 2. The first-order valence-corrected chi connectivity index (χ1v) is 6.97. The van der Waals surface area contributed by atoms with Crippen LogP contribution in [0.3, 0.4) is 0 Å². The number of nitrogens with one attached hydrogen (secondary N) is 1. The van der Waals surface area contributed by atoms with Crippen molar-refractivity contribution in [2.24, 2.45) is 5.92 Å². The third-order valence-electron chi connectivity index (χ3n) is 3.37. The highest BCUT2D eigenvalue weighted by Gasteiger charge is 2.22. The number of carbonyl (C=O) groups excluding carboxylic acids is 1. The van der Waals surface area contributed by atoms with Crippen molar-refractivity contribution in [2.45, 2.75) is 39.0 Å². The predicted octanol–water partition coefficient (Wildman–Crippen LogP) is 4.22. The number of aromatic nitrogens is 1. The van der Waals surface area contributed by atoms with Crippen LogP contribution < -0.4 is 5.32 Å². The molecule has 1 saturated carbocycles. The molecule has 0 bridgehead atoms. The van der Waals surface area contributed by atoms with E-state index in [0.29, 0.717) is 10.8 Å². The van der Waals surface area contributed by atoms with Crippen molar-refractivity contribution in [2.75, 3.05) is 5.32 Å². The number of hydrogen-bond acceptors (Lipinski definition) is 2. The smallest absolute Gasteiger partial charge is 0.227 e. The van der Waals surface area contributed by atoms with Crippen molar-refractivity contribution in [3.8, 4) is 0 Å². The van der Waals surface area contributed by atoms with Crippen LogP contribution >= 0.6 is 23.2 Å². The second-order valence-corrected chi connectivity index (χ2v) is 5.50. The average molecular weight is 287 g/mol. The number of anilines is 1. The molecule has 1 fully saturated rings. The summed E-state index contributed by atoms with van der Waals surface area (Å²) in [7, 11) is 0. The van der Waals surface area contributed by atoms with Gasteiger partial charge in [0.2, 0.25) is 5.91 Å². The minimum atomic E-state index is 0.0452. The summed E-state index contributed by atoms with van der Waals surface area (Å²) < 4.78 is 0. The van der Waals surface area contributed by atoms with Crippen molar-refractivity contribution >= 4 is 34.8 Å². The van der Waals surface area contributed by atoms with Crippen LogP contribution in [0.1, 0.15) is 37.7 Å². The Hall–Kier alpha value is -0.800. The van der Waals surface area contributed by atoms with E-state index >= 15 is 0 Å². The molecule has 0 saturated heterocycles. The number of pyridine rings is 1. The summed E-state index contributed by atoms with van der Waals surface area (Å²) in [6.45, 7) is 1.86. The van der Waals surface area contributed by atoms with Gasteiger partial charge in [0.25, 0.3) is 0 Å². The summed E-state index contributed by atoms with van der Waals surface area (Å²) in [5.41, 5.74) is 1.42. The van der Waals surface area contributed by atoms with Gasteiger partial charge in [0.15, 0.2) is 5.15 Å². The summed E-state index contributed by atoms with van der Waals surface area (Å²) in [4.78, 5) is 16.1. The highest BCUT2D eigenvalue weighted by Crippen LogP contribution is 2.29. The molecule has 1 aliphatic carbocycles. The van der Waals surface area contributed by atoms with Gasteiger partial charge in [0.1, 0.15) is 5.15 Å². The Kier molecular flexibility index (Phi) is 4.46. The highest BCUT2D eigenvalue weighted by atomic mass is 35.5. The van der Waals surface area contributed by atoms with Gasteiger partial charge >= 0.3 is 0 Å². The van der Waals surface area contributed by atoms with E-state index < -0.39 is 0 Å². The topological polar surface area (TPSA) is 42.0 Å². The molecular formula is C13H16Cl2N2O. The zero-order valence-corrected chi connectivity index (χ0v) is 11.8. The Labute approximate surface area is 117 Å². The predicted molar refractivity (Wildman–Crippen MR) is 74.2 cm³/mol. The van der Waals surface area contributed by atoms with E-state index in [1.165, 1.54) is 6.42 Å². The van der Waals surface area contributed by atoms with E-state index in [1.54, 1.807) is 6.07 Å². The second-order valence-electron chi connectivity index (χ2n) is 4.75. The number of rotatable bonds is 2. The monoisotopic (exact) mass is 286 g/mol. The molecule has 0 atom stereocenters. The molecule has 1 N–H and O–H groups in total. The lowest BCUT2D eigenvalue weighted by Gasteiger charge is -2.21. The lowest BCUT2D eigenvalue weighted by atomic mass is 9.88. The van der Waals surface area contributed by atoms with Gasteiger partial charge in [-0.25, -0.2) is 4.98 Å². The van der Waals surface area contributed by atoms with Gasteiger partial charge < -0.3 is 5.32 Å². The maximum atomic E-state index is 12.1. The van der Waals surface area contributed by atoms with Crippen molar-refractivity contribution < 1.29 is 4.79 Å². The lowest BCUT2D eigenvalue weighted by molar-refractivity contribution is -0.120. The Bertz CT molecular complexity index is 433. The van der Waals surface area contributed by atoms with Crippen LogP contribution in [-0.4, -0.2) is 10.9 Å². The quantitative estimate of drug-likeness (QED) is 0.828. The Morgan fingerprint density at radius 3 is 2.61 bits per heavy atom. The van der Waals surface area contributed by atoms with Gasteiger partial charge in [-0.1, -0.05) is 42.5 Å². The summed E-state index contributed by atoms with van der Waals surface area (Å²) in [5, 5.41) is 3.48. The zero-order chi connectivity index (χ0) is 13.1. The molecule has 0 radical (unpaired) electrons. The molecule has 1 heterocycles. The molecule has 1 aromatic heterocycles. The Morgan fingerprint density at radius 1 is 1.33 bits per heavy atom. The van der Waals surface area contributed by atoms with Crippen LogP contribution in [0, 0.1) is 12.8 Å². The van der Waals surface area contributed by atoms with E-state index in [9.17, 15) is 4.79 Å². The van der Waals surface area contributed by atoms with Crippen molar-refractivity contribution in [3.05, 3.63) is 21.9 Å². The lowest BCUT2D eigenvalue weighted by Crippen LogP contribution is -2.25. The molecule has 5 heteroatoms. The van der Waals surface area contributed by atoms with Gasteiger partial charge in [-0.15, -0.1) is 0 Å². The van der Waals surface area contributed by atoms with E-state index in [4.69, 9.17) is 23.2 Å². The van der Waals surface area contributed by atoms with E-state index in [0.717, 1.165) is 31.2 Å². The first-order valence-electron chi connectivity index (χ1n) is 6.21. The molecule has 0 aliphatic heterocycles. The zero-order valence-electron chi connectivity index (χ0n) is 10.3. The molecule has 98 valence electrons. The minimum absolute atomic E-state index is 0.0452. The fourth-order valence-electron chi connectivity index (χ4n) is 2.34. The number of nitrogens with zero attached hydrogens (tertiary/aromatic N) is 1. The Balaban J connectivity index is 2.11. The first-order chi connectivity index (χ1) is 8.58. The maximum Gasteiger partial charge on any atom is 0.227 e. The number of amides is 1. The molecule has 1 aromatic rings. The molecule has 18 heavy (non-hydrogen) atoms. The van der Waals surface area contributed by atoms with Crippen LogP contribution in [0.2, 0.25) is 10.3 Å². The summed E-state index contributed by atoms with van der Waals surface area (Å²) in [6.07, 6.45) is 5.41. The van der Waals surface area contributed by atoms with Gasteiger partial charge in [0, 0.05) is 5.92 Å². The molecular weight excluding hydrogens is 271 g/mol. The summed E-state index contributed by atoms with van der Waals surface area (Å²) in [5.74, 6) is 0.147. The number of hydrogen-bond donors (Lipinski definition) is 1. The van der Waals surface area contributed by atoms with Crippen LogP contribution in [0.4, 0.5) is 5.69 Å². The molecule has 0 unspecified atom stereocenters. The van der Waals surface area contributed by atoms with Crippen LogP contribution in [0.25, 0.3) is 0 Å². The average Bonchev–Trinajstić information content (AvgIpc) is 2.34. The summed E-state index contributed by atoms with van der Waals surface area (Å²) in [6, 6.07) is 1.70. The van der Waals surface area contributed by atoms with Crippen LogP contribution in [0.5, 0.6) is 0 Å². The molecule has 1 aliphatic rings. The molecule has 0 aromatic carbocycles. The van der Waals surface area contributed by atoms with Crippen molar-refractivity contribution in [1.29, 1.82) is 0 Å². The van der Waals surface area contributed by atoms with Gasteiger partial charge in [0.05, 0.1) is 5.69 Å². The fraction of sp³-hybridized carbons (Fsp3) is 0.538. The van der Waals surface area contributed by atoms with Crippen LogP contribution in [-0.2, 0) is 4.79 Å². The molecule has 2 rings (SSSR count). The second kappa shape index (κ2) is 5.89. The third kappa shape index (κ3) is 3.15. The maximum absolute atomic E-state index is 12.1. The number of aryl methyl sites for hydroxylation is 1. The van der Waals surface area contributed by atoms with Gasteiger partial charge in [-0.3, -0.25) is 4.79 Å². The van der Waals surface area contributed by atoms with E-state index in [2.05, 4.69) is 10.3 Å². The standard InChI is InChI=1S/C13H16Cl2N2O/c1-8-7-10(14)16-12(15)11(8)17-13(18)9-5-3-2-4-6-9/h7,9H,2-6H2,1H3,(H,17,18). The Morgan fingerprint density at radius 2 is 2.00 bits per heavy atom. The normalized spacial score (nSPS) is 16.6. The van der Waals surface area contributed by atoms with Gasteiger partial charge in [-0.05, 0) is 31.4 Å². The van der Waals surface area contributed by atoms with E-state index in [-0.39, 0.29) is 17.0 Å². The SMILES string of the molecule is Cc1cc(Cl)nc(Cl)c1NC(=O)C1CCCCC1. The van der Waals surface area contributed by atoms with Crippen molar-refractivity contribution in [1.82, 2.24) is 4.98 Å². The number of carbonyl (C=O) groups is 1. The largest absolute Gasteiger partial charge is 0.323 e. The first kappa shape index (κ1) is 13.6. The molecule has 3 nitrogen and oxygen atoms in total. The third-order valence-corrected chi connectivity index (χ3v) is 3.83. The van der Waals surface area contributed by atoms with E-state index in [1.807, 2.05) is 6.92 Å². The fourth-order valence-corrected chi connectivity index (χ4v) is 2.91.